The molecular weight excluding hydrogens is 256 g/mol. The van der Waals surface area contributed by atoms with Gasteiger partial charge in [-0.3, -0.25) is 5.32 Å². The van der Waals surface area contributed by atoms with Crippen LogP contribution in [0.5, 0.6) is 0 Å². The third-order valence-corrected chi connectivity index (χ3v) is 3.14. The van der Waals surface area contributed by atoms with Gasteiger partial charge in [-0.2, -0.15) is 10.5 Å². The second kappa shape index (κ2) is 6.26. The van der Waals surface area contributed by atoms with E-state index in [1.165, 1.54) is 11.8 Å². The molecule has 0 atom stereocenters. The van der Waals surface area contributed by atoms with Gasteiger partial charge in [-0.1, -0.05) is 38.6 Å². The Hall–Kier alpha value is -1.98. The fraction of sp³-hybridized carbons (Fsp3) is 0.357. The normalized spacial score (nSPS) is 11.6. The van der Waals surface area contributed by atoms with Gasteiger partial charge in [0.05, 0.1) is 11.3 Å². The van der Waals surface area contributed by atoms with Gasteiger partial charge in [0.2, 0.25) is 0 Å². The number of nitrogens with zero attached hydrogens (tertiary/aromatic N) is 3. The van der Waals surface area contributed by atoms with Gasteiger partial charge < -0.3 is 0 Å². The third kappa shape index (κ3) is 4.01. The molecule has 0 aromatic heterocycles. The molecule has 1 aromatic carbocycles. The van der Waals surface area contributed by atoms with E-state index in [9.17, 15) is 5.26 Å². The number of hydrogen-bond acceptors (Lipinski definition) is 4. The zero-order valence-electron chi connectivity index (χ0n) is 11.5. The SMILES string of the molecule is CSC(=Nc1ccc(C(C)(C)C)cc1C#N)NC#N. The standard InChI is InChI=1S/C14H16N4S/c1-14(2,3)11-5-6-12(10(7-11)8-15)18-13(19-4)17-9-16/h5-7H,1-4H3,(H,17,18). The van der Waals surface area contributed by atoms with Crippen molar-refractivity contribution in [2.75, 3.05) is 6.26 Å². The van der Waals surface area contributed by atoms with Crippen LogP contribution in [0, 0.1) is 22.8 Å². The van der Waals surface area contributed by atoms with E-state index in [1.807, 2.05) is 30.6 Å². The molecule has 0 aliphatic carbocycles. The summed E-state index contributed by atoms with van der Waals surface area (Å²) in [4.78, 5) is 4.28. The molecule has 0 saturated carbocycles. The van der Waals surface area contributed by atoms with Gasteiger partial charge in [0.25, 0.3) is 0 Å². The Labute approximate surface area is 118 Å². The molecule has 19 heavy (non-hydrogen) atoms. The van der Waals surface area contributed by atoms with Gasteiger partial charge in [0.15, 0.2) is 11.4 Å². The number of nitrogens with one attached hydrogen (secondary N) is 1. The molecule has 1 N–H and O–H groups in total. The minimum absolute atomic E-state index is 0.0128. The largest absolute Gasteiger partial charge is 0.271 e. The molecule has 1 rings (SSSR count). The molecule has 5 heteroatoms. The summed E-state index contributed by atoms with van der Waals surface area (Å²) in [5, 5.41) is 20.8. The summed E-state index contributed by atoms with van der Waals surface area (Å²) >= 11 is 1.33. The zero-order chi connectivity index (χ0) is 14.5. The van der Waals surface area contributed by atoms with Crippen molar-refractivity contribution in [2.24, 2.45) is 4.99 Å². The van der Waals surface area contributed by atoms with Crippen LogP contribution in [0.1, 0.15) is 31.9 Å². The predicted molar refractivity (Wildman–Crippen MR) is 79.2 cm³/mol. The average molecular weight is 272 g/mol. The monoisotopic (exact) mass is 272 g/mol. The van der Waals surface area contributed by atoms with Gasteiger partial charge in [-0.25, -0.2) is 4.99 Å². The molecular formula is C14H16N4S. The van der Waals surface area contributed by atoms with E-state index in [4.69, 9.17) is 5.26 Å². The van der Waals surface area contributed by atoms with Crippen molar-refractivity contribution in [3.05, 3.63) is 29.3 Å². The maximum atomic E-state index is 9.21. The molecule has 4 nitrogen and oxygen atoms in total. The number of benzene rings is 1. The molecule has 0 aliphatic heterocycles. The van der Waals surface area contributed by atoms with Crippen LogP contribution in [-0.4, -0.2) is 11.4 Å². The summed E-state index contributed by atoms with van der Waals surface area (Å²) in [6, 6.07) is 7.78. The summed E-state index contributed by atoms with van der Waals surface area (Å²) in [6.45, 7) is 6.28. The lowest BCUT2D eigenvalue weighted by molar-refractivity contribution is 0.590. The van der Waals surface area contributed by atoms with Crippen LogP contribution in [0.2, 0.25) is 0 Å². The lowest BCUT2D eigenvalue weighted by Crippen LogP contribution is -2.13. The van der Waals surface area contributed by atoms with Crippen LogP contribution in [0.3, 0.4) is 0 Å². The topological polar surface area (TPSA) is 72.0 Å². The van der Waals surface area contributed by atoms with Crippen molar-refractivity contribution < 1.29 is 0 Å². The lowest BCUT2D eigenvalue weighted by Gasteiger charge is -2.19. The molecule has 0 fully saturated rings. The van der Waals surface area contributed by atoms with E-state index in [0.717, 1.165) is 5.56 Å². The van der Waals surface area contributed by atoms with Crippen LogP contribution in [0.25, 0.3) is 0 Å². The summed E-state index contributed by atoms with van der Waals surface area (Å²) in [5.74, 6) is 0. The molecule has 0 spiro atoms. The van der Waals surface area contributed by atoms with Gasteiger partial charge in [0.1, 0.15) is 6.07 Å². The van der Waals surface area contributed by atoms with Crippen LogP contribution in [-0.2, 0) is 5.41 Å². The van der Waals surface area contributed by atoms with Crippen molar-refractivity contribution in [2.45, 2.75) is 26.2 Å². The van der Waals surface area contributed by atoms with Crippen molar-refractivity contribution in [1.29, 1.82) is 10.5 Å². The number of rotatable bonds is 1. The second-order valence-electron chi connectivity index (χ2n) is 4.95. The highest BCUT2D eigenvalue weighted by molar-refractivity contribution is 8.13. The van der Waals surface area contributed by atoms with Crippen LogP contribution >= 0.6 is 11.8 Å². The van der Waals surface area contributed by atoms with E-state index < -0.39 is 0 Å². The minimum atomic E-state index is -0.0128. The molecule has 0 aliphatic rings. The number of aliphatic imine (C=N–C) groups is 1. The first-order valence-electron chi connectivity index (χ1n) is 5.74. The molecule has 0 unspecified atom stereocenters. The maximum Gasteiger partial charge on any atom is 0.183 e. The van der Waals surface area contributed by atoms with E-state index in [-0.39, 0.29) is 5.41 Å². The Morgan fingerprint density at radius 1 is 1.32 bits per heavy atom. The molecule has 0 saturated heterocycles. The zero-order valence-corrected chi connectivity index (χ0v) is 12.3. The van der Waals surface area contributed by atoms with E-state index in [0.29, 0.717) is 16.4 Å². The highest BCUT2D eigenvalue weighted by atomic mass is 32.2. The summed E-state index contributed by atoms with van der Waals surface area (Å²) in [5.41, 5.74) is 2.16. The van der Waals surface area contributed by atoms with Gasteiger partial charge in [-0.15, -0.1) is 0 Å². The Balaban J connectivity index is 3.25. The third-order valence-electron chi connectivity index (χ3n) is 2.56. The first-order chi connectivity index (χ1) is 8.92. The number of thioether (sulfide) groups is 1. The molecule has 0 radical (unpaired) electrons. The highest BCUT2D eigenvalue weighted by Crippen LogP contribution is 2.28. The van der Waals surface area contributed by atoms with E-state index in [2.05, 4.69) is 37.1 Å². The van der Waals surface area contributed by atoms with Crippen molar-refractivity contribution in [3.8, 4) is 12.3 Å². The number of nitriles is 2. The van der Waals surface area contributed by atoms with Gasteiger partial charge in [0, 0.05) is 0 Å². The quantitative estimate of drug-likeness (QED) is 0.368. The molecule has 0 amide bonds. The maximum absolute atomic E-state index is 9.21. The lowest BCUT2D eigenvalue weighted by atomic mass is 9.86. The highest BCUT2D eigenvalue weighted by Gasteiger charge is 2.15. The fourth-order valence-corrected chi connectivity index (χ4v) is 1.81. The van der Waals surface area contributed by atoms with Crippen molar-refractivity contribution in [1.82, 2.24) is 5.32 Å². The van der Waals surface area contributed by atoms with Gasteiger partial charge in [-0.05, 0) is 29.4 Å². The van der Waals surface area contributed by atoms with Crippen LogP contribution < -0.4 is 5.32 Å². The molecule has 1 aromatic rings. The average Bonchev–Trinajstić information content (AvgIpc) is 2.37. The molecule has 0 heterocycles. The Bertz CT molecular complexity index is 571. The smallest absolute Gasteiger partial charge is 0.183 e. The molecule has 98 valence electrons. The van der Waals surface area contributed by atoms with Crippen molar-refractivity contribution in [3.63, 3.8) is 0 Å². The Morgan fingerprint density at radius 2 is 2.00 bits per heavy atom. The second-order valence-corrected chi connectivity index (χ2v) is 5.75. The van der Waals surface area contributed by atoms with Crippen LogP contribution in [0.15, 0.2) is 23.2 Å². The first kappa shape index (κ1) is 15.1. The summed E-state index contributed by atoms with van der Waals surface area (Å²) in [6.07, 6.45) is 3.65. The minimum Gasteiger partial charge on any atom is -0.271 e. The van der Waals surface area contributed by atoms with Crippen LogP contribution in [0.4, 0.5) is 5.69 Å². The fourth-order valence-electron chi connectivity index (χ4n) is 1.47. The van der Waals surface area contributed by atoms with Gasteiger partial charge >= 0.3 is 0 Å². The number of amidine groups is 1. The van der Waals surface area contributed by atoms with Crippen molar-refractivity contribution >= 4 is 22.6 Å². The summed E-state index contributed by atoms with van der Waals surface area (Å²) < 4.78 is 0. The first-order valence-corrected chi connectivity index (χ1v) is 6.97. The Kier molecular flexibility index (Phi) is 4.97. The predicted octanol–water partition coefficient (Wildman–Crippen LogP) is 3.28. The van der Waals surface area contributed by atoms with E-state index >= 15 is 0 Å². The number of hydrogen-bond donors (Lipinski definition) is 1. The van der Waals surface area contributed by atoms with E-state index in [1.54, 1.807) is 0 Å². The molecule has 0 bridgehead atoms. The Morgan fingerprint density at radius 3 is 2.47 bits per heavy atom. The summed E-state index contributed by atoms with van der Waals surface area (Å²) in [7, 11) is 0.